The van der Waals surface area contributed by atoms with Crippen molar-refractivity contribution in [2.24, 2.45) is 11.8 Å². The first-order valence-electron chi connectivity index (χ1n) is 8.23. The van der Waals surface area contributed by atoms with Gasteiger partial charge >= 0.3 is 0 Å². The molecule has 0 N–H and O–H groups in total. The predicted octanol–water partition coefficient (Wildman–Crippen LogP) is 2.94. The van der Waals surface area contributed by atoms with Crippen LogP contribution < -0.4 is 0 Å². The zero-order valence-electron chi connectivity index (χ0n) is 13.9. The number of Topliss-reactive ketones (excluding diaryl/α,β-unsaturated/α-hetero) is 1. The SMILES string of the molecule is CC(C)C(=O)CN1CCC(Cn2cc(C(C)C)cn2)CC1. The monoisotopic (exact) mass is 291 g/mol. The van der Waals surface area contributed by atoms with Crippen molar-refractivity contribution >= 4 is 5.78 Å². The summed E-state index contributed by atoms with van der Waals surface area (Å²) in [5.41, 5.74) is 1.31. The lowest BCUT2D eigenvalue weighted by atomic mass is 9.96. The standard InChI is InChI=1S/C17H29N3O/c1-13(2)16-9-18-20(11-16)10-15-5-7-19(8-6-15)12-17(21)14(3)4/h9,11,13-15H,5-8,10,12H2,1-4H3. The first-order chi connectivity index (χ1) is 9.95. The van der Waals surface area contributed by atoms with Gasteiger partial charge in [-0.2, -0.15) is 5.10 Å². The molecule has 1 fully saturated rings. The summed E-state index contributed by atoms with van der Waals surface area (Å²) in [6, 6.07) is 0. The Morgan fingerprint density at radius 3 is 2.48 bits per heavy atom. The van der Waals surface area contributed by atoms with E-state index in [4.69, 9.17) is 0 Å². The fourth-order valence-corrected chi connectivity index (χ4v) is 2.77. The average Bonchev–Trinajstić information content (AvgIpc) is 2.89. The quantitative estimate of drug-likeness (QED) is 0.809. The molecule has 4 nitrogen and oxygen atoms in total. The highest BCUT2D eigenvalue weighted by Crippen LogP contribution is 2.20. The van der Waals surface area contributed by atoms with Crippen molar-refractivity contribution in [2.75, 3.05) is 19.6 Å². The van der Waals surface area contributed by atoms with Gasteiger partial charge in [-0.05, 0) is 43.3 Å². The second kappa shape index (κ2) is 7.21. The third-order valence-corrected chi connectivity index (χ3v) is 4.50. The third-order valence-electron chi connectivity index (χ3n) is 4.50. The number of carbonyl (C=O) groups excluding carboxylic acids is 1. The highest BCUT2D eigenvalue weighted by atomic mass is 16.1. The van der Waals surface area contributed by atoms with Crippen LogP contribution >= 0.6 is 0 Å². The Morgan fingerprint density at radius 2 is 1.95 bits per heavy atom. The van der Waals surface area contributed by atoms with Gasteiger partial charge in [0.15, 0.2) is 0 Å². The molecule has 0 unspecified atom stereocenters. The number of rotatable bonds is 6. The lowest BCUT2D eigenvalue weighted by Gasteiger charge is -2.31. The lowest BCUT2D eigenvalue weighted by Crippen LogP contribution is -2.39. The van der Waals surface area contributed by atoms with Crippen LogP contribution in [0.4, 0.5) is 0 Å². The van der Waals surface area contributed by atoms with E-state index in [2.05, 4.69) is 34.7 Å². The smallest absolute Gasteiger partial charge is 0.149 e. The van der Waals surface area contributed by atoms with Crippen LogP contribution in [0.1, 0.15) is 52.0 Å². The molecule has 0 amide bonds. The normalized spacial score (nSPS) is 17.8. The average molecular weight is 291 g/mol. The van der Waals surface area contributed by atoms with Gasteiger partial charge in [0.1, 0.15) is 5.78 Å². The first-order valence-corrected chi connectivity index (χ1v) is 8.23. The van der Waals surface area contributed by atoms with Crippen LogP contribution in [0.2, 0.25) is 0 Å². The zero-order chi connectivity index (χ0) is 15.4. The van der Waals surface area contributed by atoms with Gasteiger partial charge in [-0.3, -0.25) is 14.4 Å². The fraction of sp³-hybridized carbons (Fsp3) is 0.765. The van der Waals surface area contributed by atoms with Crippen LogP contribution in [0.3, 0.4) is 0 Å². The second-order valence-electron chi connectivity index (χ2n) is 6.99. The van der Waals surface area contributed by atoms with Crippen molar-refractivity contribution in [1.82, 2.24) is 14.7 Å². The number of carbonyl (C=O) groups is 1. The largest absolute Gasteiger partial charge is 0.298 e. The summed E-state index contributed by atoms with van der Waals surface area (Å²) in [7, 11) is 0. The highest BCUT2D eigenvalue weighted by Gasteiger charge is 2.22. The number of likely N-dealkylation sites (tertiary alicyclic amines) is 1. The number of hydrogen-bond donors (Lipinski definition) is 0. The molecule has 118 valence electrons. The Balaban J connectivity index is 1.77. The molecular formula is C17H29N3O. The van der Waals surface area contributed by atoms with E-state index in [0.29, 0.717) is 24.2 Å². The second-order valence-corrected chi connectivity index (χ2v) is 6.99. The van der Waals surface area contributed by atoms with Crippen LogP contribution in [0, 0.1) is 11.8 Å². The van der Waals surface area contributed by atoms with Gasteiger partial charge in [-0.1, -0.05) is 27.7 Å². The van der Waals surface area contributed by atoms with Crippen LogP contribution in [0.15, 0.2) is 12.4 Å². The van der Waals surface area contributed by atoms with Crippen molar-refractivity contribution < 1.29 is 4.79 Å². The molecule has 4 heteroatoms. The zero-order valence-corrected chi connectivity index (χ0v) is 13.9. The van der Waals surface area contributed by atoms with E-state index in [0.717, 1.165) is 19.6 Å². The predicted molar refractivity (Wildman–Crippen MR) is 85.3 cm³/mol. The van der Waals surface area contributed by atoms with Crippen molar-refractivity contribution in [1.29, 1.82) is 0 Å². The number of nitrogens with zero attached hydrogens (tertiary/aromatic N) is 3. The van der Waals surface area contributed by atoms with Crippen LogP contribution in [-0.2, 0) is 11.3 Å². The maximum atomic E-state index is 11.8. The molecule has 2 heterocycles. The summed E-state index contributed by atoms with van der Waals surface area (Å²) in [6.45, 7) is 12.1. The summed E-state index contributed by atoms with van der Waals surface area (Å²) in [4.78, 5) is 14.1. The lowest BCUT2D eigenvalue weighted by molar-refractivity contribution is -0.123. The molecule has 1 aromatic rings. The Labute approximate surface area is 128 Å². The molecule has 0 aromatic carbocycles. The summed E-state index contributed by atoms with van der Waals surface area (Å²) < 4.78 is 2.09. The van der Waals surface area contributed by atoms with Crippen molar-refractivity contribution in [3.05, 3.63) is 18.0 Å². The summed E-state index contributed by atoms with van der Waals surface area (Å²) in [5, 5.41) is 4.47. The maximum Gasteiger partial charge on any atom is 0.149 e. The Kier molecular flexibility index (Phi) is 5.57. The van der Waals surface area contributed by atoms with Crippen LogP contribution in [0.25, 0.3) is 0 Å². The minimum absolute atomic E-state index is 0.154. The van der Waals surface area contributed by atoms with Crippen LogP contribution in [0.5, 0.6) is 0 Å². The highest BCUT2D eigenvalue weighted by molar-refractivity contribution is 5.82. The minimum atomic E-state index is 0.154. The third kappa shape index (κ3) is 4.67. The van der Waals surface area contributed by atoms with Gasteiger partial charge in [-0.25, -0.2) is 0 Å². The molecular weight excluding hydrogens is 262 g/mol. The Morgan fingerprint density at radius 1 is 1.29 bits per heavy atom. The summed E-state index contributed by atoms with van der Waals surface area (Å²) in [5.74, 6) is 1.75. The molecule has 21 heavy (non-hydrogen) atoms. The van der Waals surface area contributed by atoms with Crippen LogP contribution in [-0.4, -0.2) is 40.1 Å². The minimum Gasteiger partial charge on any atom is -0.298 e. The molecule has 1 aliphatic heterocycles. The molecule has 1 aliphatic rings. The topological polar surface area (TPSA) is 38.1 Å². The van der Waals surface area contributed by atoms with E-state index >= 15 is 0 Å². The van der Waals surface area contributed by atoms with Gasteiger partial charge in [0.2, 0.25) is 0 Å². The summed E-state index contributed by atoms with van der Waals surface area (Å²) in [6.07, 6.45) is 6.50. The number of ketones is 1. The molecule has 0 saturated carbocycles. The molecule has 0 radical (unpaired) electrons. The van der Waals surface area contributed by atoms with Gasteiger partial charge in [0.25, 0.3) is 0 Å². The van der Waals surface area contributed by atoms with Gasteiger partial charge in [-0.15, -0.1) is 0 Å². The van der Waals surface area contributed by atoms with E-state index in [1.807, 2.05) is 20.0 Å². The van der Waals surface area contributed by atoms with Crippen molar-refractivity contribution in [2.45, 2.75) is 53.0 Å². The first kappa shape index (κ1) is 16.2. The number of piperidine rings is 1. The van der Waals surface area contributed by atoms with Crippen molar-refractivity contribution in [3.8, 4) is 0 Å². The Hall–Kier alpha value is -1.16. The maximum absolute atomic E-state index is 11.8. The van der Waals surface area contributed by atoms with E-state index < -0.39 is 0 Å². The van der Waals surface area contributed by atoms with E-state index in [-0.39, 0.29) is 5.92 Å². The van der Waals surface area contributed by atoms with E-state index in [1.165, 1.54) is 18.4 Å². The van der Waals surface area contributed by atoms with E-state index in [1.54, 1.807) is 0 Å². The van der Waals surface area contributed by atoms with Crippen molar-refractivity contribution in [3.63, 3.8) is 0 Å². The molecule has 2 rings (SSSR count). The Bertz CT molecular complexity index is 456. The number of hydrogen-bond acceptors (Lipinski definition) is 3. The molecule has 0 aliphatic carbocycles. The molecule has 0 bridgehead atoms. The fourth-order valence-electron chi connectivity index (χ4n) is 2.77. The van der Waals surface area contributed by atoms with Gasteiger partial charge in [0, 0.05) is 18.7 Å². The summed E-state index contributed by atoms with van der Waals surface area (Å²) >= 11 is 0. The van der Waals surface area contributed by atoms with E-state index in [9.17, 15) is 4.79 Å². The van der Waals surface area contributed by atoms with Gasteiger partial charge in [0.05, 0.1) is 12.7 Å². The molecule has 0 spiro atoms. The molecule has 0 atom stereocenters. The van der Waals surface area contributed by atoms with Gasteiger partial charge < -0.3 is 0 Å². The number of aromatic nitrogens is 2. The molecule has 1 saturated heterocycles. The molecule has 1 aromatic heterocycles.